The van der Waals surface area contributed by atoms with Crippen molar-refractivity contribution in [1.29, 1.82) is 0 Å². The summed E-state index contributed by atoms with van der Waals surface area (Å²) in [6.45, 7) is 5.57. The molecule has 1 heterocycles. The molecule has 0 atom stereocenters. The van der Waals surface area contributed by atoms with E-state index in [1.165, 1.54) is 6.39 Å². The van der Waals surface area contributed by atoms with Crippen LogP contribution in [0.25, 0.3) is 0 Å². The summed E-state index contributed by atoms with van der Waals surface area (Å²) in [5.74, 6) is 0.690. The summed E-state index contributed by atoms with van der Waals surface area (Å²) in [6.07, 6.45) is 3.59. The highest BCUT2D eigenvalue weighted by molar-refractivity contribution is 5.70. The Hall–Kier alpha value is -1.59. The molecule has 4 rings (SSSR count). The van der Waals surface area contributed by atoms with Gasteiger partial charge in [0.15, 0.2) is 0 Å². The maximum absolute atomic E-state index is 11.7. The molecule has 0 spiro atoms. The van der Waals surface area contributed by atoms with Gasteiger partial charge < -0.3 is 14.5 Å². The first kappa shape index (κ1) is 11.5. The van der Waals surface area contributed by atoms with Gasteiger partial charge in [-0.15, -0.1) is 10.2 Å². The maximum Gasteiger partial charge on any atom is 0.408 e. The lowest BCUT2D eigenvalue weighted by Gasteiger charge is -2.68. The van der Waals surface area contributed by atoms with Crippen LogP contribution in [0.2, 0.25) is 0 Å². The normalized spacial score (nSPS) is 33.3. The van der Waals surface area contributed by atoms with Crippen LogP contribution in [0.4, 0.5) is 4.79 Å². The molecule has 98 valence electrons. The highest BCUT2D eigenvalue weighted by Crippen LogP contribution is 2.67. The van der Waals surface area contributed by atoms with E-state index in [0.29, 0.717) is 5.89 Å². The highest BCUT2D eigenvalue weighted by atomic mass is 16.6. The van der Waals surface area contributed by atoms with E-state index in [9.17, 15) is 4.79 Å². The standard InChI is InChI=1S/C12H17N3O3/c1-10(2,3)18-9(16)14-12-4-11(5-12,6-12)8-15-13-7-17-8/h7H,4-6H2,1-3H3,(H,14,16). The molecule has 3 fully saturated rings. The Kier molecular flexibility index (Phi) is 2.07. The minimum absolute atomic E-state index is 0.00547. The van der Waals surface area contributed by atoms with E-state index in [4.69, 9.17) is 9.15 Å². The predicted octanol–water partition coefficient (Wildman–Crippen LogP) is 1.77. The second kappa shape index (κ2) is 3.24. The molecule has 6 heteroatoms. The van der Waals surface area contributed by atoms with Crippen molar-refractivity contribution in [3.05, 3.63) is 12.3 Å². The fourth-order valence-corrected chi connectivity index (χ4v) is 3.07. The number of rotatable bonds is 2. The van der Waals surface area contributed by atoms with Crippen molar-refractivity contribution in [1.82, 2.24) is 15.5 Å². The van der Waals surface area contributed by atoms with E-state index < -0.39 is 5.60 Å². The minimum Gasteiger partial charge on any atom is -0.444 e. The lowest BCUT2D eigenvalue weighted by atomic mass is 9.39. The van der Waals surface area contributed by atoms with Crippen LogP contribution in [0, 0.1) is 0 Å². The molecule has 0 aliphatic heterocycles. The second-order valence-corrected chi connectivity index (χ2v) is 6.46. The molecule has 3 saturated carbocycles. The first-order valence-electron chi connectivity index (χ1n) is 6.11. The summed E-state index contributed by atoms with van der Waals surface area (Å²) in [6, 6.07) is 0. The van der Waals surface area contributed by atoms with E-state index in [2.05, 4.69) is 15.5 Å². The number of hydrogen-bond acceptors (Lipinski definition) is 5. The fraction of sp³-hybridized carbons (Fsp3) is 0.750. The van der Waals surface area contributed by atoms with Crippen molar-refractivity contribution in [3.8, 4) is 0 Å². The van der Waals surface area contributed by atoms with E-state index in [1.807, 2.05) is 20.8 Å². The average molecular weight is 251 g/mol. The fourth-order valence-electron chi connectivity index (χ4n) is 3.07. The number of nitrogens with zero attached hydrogens (tertiary/aromatic N) is 2. The number of hydrogen-bond donors (Lipinski definition) is 1. The quantitative estimate of drug-likeness (QED) is 0.866. The summed E-state index contributed by atoms with van der Waals surface area (Å²) in [5, 5.41) is 10.6. The van der Waals surface area contributed by atoms with E-state index >= 15 is 0 Å². The number of carbonyl (C=O) groups excluding carboxylic acids is 1. The van der Waals surface area contributed by atoms with E-state index in [1.54, 1.807) is 0 Å². The molecule has 1 N–H and O–H groups in total. The van der Waals surface area contributed by atoms with Crippen molar-refractivity contribution in [3.63, 3.8) is 0 Å². The van der Waals surface area contributed by atoms with Crippen LogP contribution in [-0.4, -0.2) is 27.4 Å². The second-order valence-electron chi connectivity index (χ2n) is 6.46. The van der Waals surface area contributed by atoms with Gasteiger partial charge in [-0.05, 0) is 40.0 Å². The lowest BCUT2D eigenvalue weighted by molar-refractivity contribution is -0.103. The molecule has 2 bridgehead atoms. The van der Waals surface area contributed by atoms with Gasteiger partial charge >= 0.3 is 6.09 Å². The Bertz CT molecular complexity index is 455. The van der Waals surface area contributed by atoms with Gasteiger partial charge in [0, 0.05) is 5.54 Å². The van der Waals surface area contributed by atoms with Crippen LogP contribution < -0.4 is 5.32 Å². The van der Waals surface area contributed by atoms with Crippen molar-refractivity contribution < 1.29 is 13.9 Å². The largest absolute Gasteiger partial charge is 0.444 e. The molecule has 1 aromatic heterocycles. The summed E-state index contributed by atoms with van der Waals surface area (Å²) < 4.78 is 10.5. The van der Waals surface area contributed by atoms with Gasteiger partial charge in [-0.1, -0.05) is 0 Å². The number of alkyl carbamates (subject to hydrolysis) is 1. The topological polar surface area (TPSA) is 77.2 Å². The number of carbonyl (C=O) groups is 1. The Balaban J connectivity index is 1.56. The molecular weight excluding hydrogens is 234 g/mol. The molecule has 0 aromatic carbocycles. The molecule has 0 unspecified atom stereocenters. The summed E-state index contributed by atoms with van der Waals surface area (Å²) >= 11 is 0. The van der Waals surface area contributed by atoms with Crippen LogP contribution in [0.1, 0.15) is 45.9 Å². The van der Waals surface area contributed by atoms with Gasteiger partial charge in [0.25, 0.3) is 0 Å². The first-order valence-corrected chi connectivity index (χ1v) is 6.11. The SMILES string of the molecule is CC(C)(C)OC(=O)NC12CC(c3nnco3)(C1)C2. The van der Waals surface area contributed by atoms with Crippen LogP contribution >= 0.6 is 0 Å². The Morgan fingerprint density at radius 3 is 2.61 bits per heavy atom. The molecule has 1 aromatic rings. The molecular formula is C12H17N3O3. The average Bonchev–Trinajstić information content (AvgIpc) is 2.57. The van der Waals surface area contributed by atoms with E-state index in [0.717, 1.165) is 19.3 Å². The number of aromatic nitrogens is 2. The van der Waals surface area contributed by atoms with Crippen molar-refractivity contribution in [2.45, 2.75) is 56.6 Å². The van der Waals surface area contributed by atoms with Crippen molar-refractivity contribution in [2.75, 3.05) is 0 Å². The summed E-state index contributed by atoms with van der Waals surface area (Å²) in [5.41, 5.74) is -0.569. The summed E-state index contributed by atoms with van der Waals surface area (Å²) in [7, 11) is 0. The zero-order valence-corrected chi connectivity index (χ0v) is 10.8. The zero-order chi connectivity index (χ0) is 13.0. The van der Waals surface area contributed by atoms with Crippen LogP contribution in [0.5, 0.6) is 0 Å². The Morgan fingerprint density at radius 2 is 2.11 bits per heavy atom. The van der Waals surface area contributed by atoms with Gasteiger partial charge in [0.1, 0.15) is 5.60 Å². The molecule has 0 radical (unpaired) electrons. The molecule has 0 saturated heterocycles. The number of nitrogens with one attached hydrogen (secondary N) is 1. The molecule has 3 aliphatic carbocycles. The number of ether oxygens (including phenoxy) is 1. The Labute approximate surface area is 105 Å². The lowest BCUT2D eigenvalue weighted by Crippen LogP contribution is -2.77. The van der Waals surface area contributed by atoms with E-state index in [-0.39, 0.29) is 17.0 Å². The summed E-state index contributed by atoms with van der Waals surface area (Å²) in [4.78, 5) is 11.7. The molecule has 1 amide bonds. The predicted molar refractivity (Wildman–Crippen MR) is 61.9 cm³/mol. The van der Waals surface area contributed by atoms with Crippen LogP contribution in [-0.2, 0) is 10.2 Å². The molecule has 18 heavy (non-hydrogen) atoms. The molecule has 3 aliphatic rings. The van der Waals surface area contributed by atoms with Gasteiger partial charge in [-0.25, -0.2) is 4.79 Å². The van der Waals surface area contributed by atoms with Crippen LogP contribution in [0.3, 0.4) is 0 Å². The first-order chi connectivity index (χ1) is 8.33. The van der Waals surface area contributed by atoms with Crippen molar-refractivity contribution in [2.24, 2.45) is 0 Å². The van der Waals surface area contributed by atoms with Gasteiger partial charge in [-0.2, -0.15) is 0 Å². The maximum atomic E-state index is 11.7. The van der Waals surface area contributed by atoms with Gasteiger partial charge in [0.05, 0.1) is 5.41 Å². The highest BCUT2D eigenvalue weighted by Gasteiger charge is 2.72. The smallest absolute Gasteiger partial charge is 0.408 e. The third-order valence-corrected chi connectivity index (χ3v) is 3.61. The van der Waals surface area contributed by atoms with Gasteiger partial charge in [0.2, 0.25) is 12.3 Å². The third-order valence-electron chi connectivity index (χ3n) is 3.61. The minimum atomic E-state index is -0.461. The molecule has 6 nitrogen and oxygen atoms in total. The number of amides is 1. The zero-order valence-electron chi connectivity index (χ0n) is 10.8. The monoisotopic (exact) mass is 251 g/mol. The third kappa shape index (κ3) is 1.67. The van der Waals surface area contributed by atoms with Crippen LogP contribution in [0.15, 0.2) is 10.8 Å². The van der Waals surface area contributed by atoms with Gasteiger partial charge in [-0.3, -0.25) is 0 Å². The Morgan fingerprint density at radius 1 is 1.44 bits per heavy atom. The van der Waals surface area contributed by atoms with Crippen molar-refractivity contribution >= 4 is 6.09 Å².